The lowest BCUT2D eigenvalue weighted by molar-refractivity contribution is -0.870. The summed E-state index contributed by atoms with van der Waals surface area (Å²) in [5, 5.41) is 11.8. The van der Waals surface area contributed by atoms with Gasteiger partial charge in [0.1, 0.15) is 13.2 Å². The fraction of sp³-hybridized carbons (Fsp3) is 0.797. The molecule has 0 aliphatic carbocycles. The number of esters is 2. The average molecular weight is 1030 g/mol. The fourth-order valence-corrected chi connectivity index (χ4v) is 8.52. The van der Waals surface area contributed by atoms with Gasteiger partial charge in [-0.1, -0.05) is 235 Å². The number of carboxylic acids is 1. The van der Waals surface area contributed by atoms with Crippen LogP contribution in [0.25, 0.3) is 0 Å². The first-order chi connectivity index (χ1) is 35.6. The van der Waals surface area contributed by atoms with Crippen LogP contribution in [0.2, 0.25) is 0 Å². The van der Waals surface area contributed by atoms with Crippen LogP contribution in [0, 0.1) is 0 Å². The molecule has 0 fully saturated rings. The van der Waals surface area contributed by atoms with E-state index in [0.29, 0.717) is 17.4 Å². The molecule has 0 radical (unpaired) electrons. The van der Waals surface area contributed by atoms with Crippen LogP contribution in [0.3, 0.4) is 0 Å². The zero-order valence-corrected chi connectivity index (χ0v) is 48.3. The maximum atomic E-state index is 12.9. The highest BCUT2D eigenvalue weighted by Gasteiger charge is 2.22. The van der Waals surface area contributed by atoms with Gasteiger partial charge in [0, 0.05) is 12.8 Å². The number of carbonyl (C=O) groups excluding carboxylic acids is 3. The average Bonchev–Trinajstić information content (AvgIpc) is 3.36. The number of carboxylic acid groups (broad SMARTS) is 1. The first-order valence-electron chi connectivity index (χ1n) is 30.4. The lowest BCUT2D eigenvalue weighted by Crippen LogP contribution is -2.44. The number of ether oxygens (including phenoxy) is 4. The molecule has 0 aromatic carbocycles. The van der Waals surface area contributed by atoms with Crippen LogP contribution in [-0.2, 0) is 33.3 Å². The Labute approximate surface area is 450 Å². The number of likely N-dealkylation sites (N-methyl/N-ethyl adjacent to an activating group) is 1. The van der Waals surface area contributed by atoms with E-state index in [1.165, 1.54) is 180 Å². The summed E-state index contributed by atoms with van der Waals surface area (Å²) >= 11 is 0. The van der Waals surface area contributed by atoms with Gasteiger partial charge in [0.25, 0.3) is 0 Å². The molecule has 9 heteroatoms. The molecule has 0 N–H and O–H groups in total. The maximum absolute atomic E-state index is 12.9. The molecule has 0 spiro atoms. The molecule has 0 bridgehead atoms. The van der Waals surface area contributed by atoms with Gasteiger partial charge in [0.15, 0.2) is 12.4 Å². The Morgan fingerprint density at radius 1 is 0.411 bits per heavy atom. The van der Waals surface area contributed by atoms with Crippen LogP contribution in [-0.4, -0.2) is 82.3 Å². The summed E-state index contributed by atoms with van der Waals surface area (Å²) in [7, 11) is 5.92. The molecule has 0 aliphatic rings. The Morgan fingerprint density at radius 2 is 0.740 bits per heavy atom. The van der Waals surface area contributed by atoms with Gasteiger partial charge in [-0.2, -0.15) is 0 Å². The molecule has 73 heavy (non-hydrogen) atoms. The van der Waals surface area contributed by atoms with E-state index in [4.69, 9.17) is 18.9 Å². The Hall–Kier alpha value is -3.01. The van der Waals surface area contributed by atoms with Gasteiger partial charge in [0.05, 0.1) is 40.3 Å². The maximum Gasteiger partial charge on any atom is 0.306 e. The number of unbranched alkanes of at least 4 members (excludes halogenated alkanes) is 31. The smallest absolute Gasteiger partial charge is 0.306 e. The molecule has 0 heterocycles. The molecule has 0 aromatic heterocycles. The van der Waals surface area contributed by atoms with E-state index >= 15 is 0 Å². The molecule has 0 aliphatic heterocycles. The second-order valence-electron chi connectivity index (χ2n) is 21.6. The Morgan fingerprint density at radius 3 is 1.12 bits per heavy atom. The van der Waals surface area contributed by atoms with Gasteiger partial charge in [-0.25, -0.2) is 0 Å². The van der Waals surface area contributed by atoms with Crippen LogP contribution in [0.5, 0.6) is 0 Å². The molecular weight excluding hydrogens is 911 g/mol. The highest BCUT2D eigenvalue weighted by Crippen LogP contribution is 2.16. The molecular formula is C64H115NO8. The zero-order chi connectivity index (χ0) is 53.4. The minimum Gasteiger partial charge on any atom is -0.545 e. The standard InChI is InChI=1S/C64H115NO8/c1-6-8-10-12-14-16-18-20-22-24-26-27-28-29-30-31-32-33-34-35-37-39-41-43-45-47-49-51-53-55-62(67)73-60(59-72-64(63(68)69)70-57-56-65(3,4)5)58-71-61(66)54-52-50-48-46-44-42-40-38-36-25-23-21-19-17-15-13-11-9-7-2/h15,17-18,20-21,23-24,26,28-29,60,64H,6-14,16,19,22,25,27,30-59H2,1-5H3/b17-15-,20-18-,23-21-,26-24-,29-28-. The Bertz CT molecular complexity index is 1380. The van der Waals surface area contributed by atoms with Gasteiger partial charge < -0.3 is 33.3 Å². The molecule has 0 rings (SSSR count). The van der Waals surface area contributed by atoms with Crippen LogP contribution in [0.1, 0.15) is 271 Å². The number of carbonyl (C=O) groups is 3. The number of allylic oxidation sites excluding steroid dienone is 10. The Kier molecular flexibility index (Phi) is 53.0. The molecule has 2 atom stereocenters. The molecule has 424 valence electrons. The molecule has 2 unspecified atom stereocenters. The highest BCUT2D eigenvalue weighted by atomic mass is 16.7. The number of aliphatic carboxylic acids is 1. The third kappa shape index (κ3) is 56.6. The van der Waals surface area contributed by atoms with E-state index in [1.54, 1.807) is 0 Å². The molecule has 9 nitrogen and oxygen atoms in total. The first-order valence-corrected chi connectivity index (χ1v) is 30.4. The van der Waals surface area contributed by atoms with Crippen molar-refractivity contribution in [3.05, 3.63) is 60.8 Å². The topological polar surface area (TPSA) is 111 Å². The molecule has 0 aromatic rings. The van der Waals surface area contributed by atoms with E-state index in [9.17, 15) is 19.5 Å². The summed E-state index contributed by atoms with van der Waals surface area (Å²) < 4.78 is 22.7. The monoisotopic (exact) mass is 1030 g/mol. The van der Waals surface area contributed by atoms with E-state index in [-0.39, 0.29) is 38.6 Å². The van der Waals surface area contributed by atoms with Crippen molar-refractivity contribution in [2.75, 3.05) is 47.5 Å². The number of hydrogen-bond acceptors (Lipinski definition) is 8. The summed E-state index contributed by atoms with van der Waals surface area (Å²) in [6.45, 7) is 4.73. The van der Waals surface area contributed by atoms with E-state index in [1.807, 2.05) is 21.1 Å². The molecule has 0 amide bonds. The van der Waals surface area contributed by atoms with Crippen molar-refractivity contribution in [1.29, 1.82) is 0 Å². The van der Waals surface area contributed by atoms with Gasteiger partial charge in [-0.15, -0.1) is 0 Å². The quantitative estimate of drug-likeness (QED) is 0.0195. The van der Waals surface area contributed by atoms with Crippen LogP contribution >= 0.6 is 0 Å². The van der Waals surface area contributed by atoms with Crippen molar-refractivity contribution >= 4 is 17.9 Å². The predicted molar refractivity (Wildman–Crippen MR) is 306 cm³/mol. The number of rotatable bonds is 56. The van der Waals surface area contributed by atoms with Crippen molar-refractivity contribution in [3.8, 4) is 0 Å². The number of quaternary nitrogens is 1. The number of hydrogen-bond donors (Lipinski definition) is 0. The largest absolute Gasteiger partial charge is 0.545 e. The molecule has 0 saturated carbocycles. The van der Waals surface area contributed by atoms with Crippen molar-refractivity contribution in [3.63, 3.8) is 0 Å². The predicted octanol–water partition coefficient (Wildman–Crippen LogP) is 16.7. The summed E-state index contributed by atoms with van der Waals surface area (Å²) in [6.07, 6.45) is 67.0. The van der Waals surface area contributed by atoms with Crippen molar-refractivity contribution in [2.45, 2.75) is 283 Å². The Balaban J connectivity index is 4.19. The van der Waals surface area contributed by atoms with Gasteiger partial charge >= 0.3 is 11.9 Å². The zero-order valence-electron chi connectivity index (χ0n) is 48.3. The van der Waals surface area contributed by atoms with Crippen LogP contribution < -0.4 is 5.11 Å². The highest BCUT2D eigenvalue weighted by molar-refractivity contribution is 5.70. The second-order valence-corrected chi connectivity index (χ2v) is 21.6. The fourth-order valence-electron chi connectivity index (χ4n) is 8.52. The molecule has 0 saturated heterocycles. The number of nitrogens with zero attached hydrogens (tertiary/aromatic N) is 1. The van der Waals surface area contributed by atoms with Crippen molar-refractivity contribution < 1.29 is 42.9 Å². The summed E-state index contributed by atoms with van der Waals surface area (Å²) in [4.78, 5) is 37.3. The van der Waals surface area contributed by atoms with Crippen LogP contribution in [0.15, 0.2) is 60.8 Å². The lowest BCUT2D eigenvalue weighted by Gasteiger charge is -2.26. The minimum absolute atomic E-state index is 0.146. The SMILES string of the molecule is CCCCC/C=C\C/C=C\CCCCCCCCCCCC(=O)OCC(COC(OCC[N+](C)(C)C)C(=O)[O-])OC(=O)CCCCCCCCCCCCCCCC/C=C\C/C=C\C/C=C\CCCCCCC. The van der Waals surface area contributed by atoms with E-state index < -0.39 is 24.3 Å². The van der Waals surface area contributed by atoms with Gasteiger partial charge in [-0.05, 0) is 83.5 Å². The summed E-state index contributed by atoms with van der Waals surface area (Å²) in [5.41, 5.74) is 0. The van der Waals surface area contributed by atoms with Gasteiger partial charge in [0.2, 0.25) is 0 Å². The second kappa shape index (κ2) is 55.2. The van der Waals surface area contributed by atoms with Crippen molar-refractivity contribution in [2.24, 2.45) is 0 Å². The lowest BCUT2D eigenvalue weighted by atomic mass is 10.0. The normalized spacial score (nSPS) is 13.2. The summed E-state index contributed by atoms with van der Waals surface area (Å²) in [5.74, 6) is -2.28. The summed E-state index contributed by atoms with van der Waals surface area (Å²) in [6, 6.07) is 0. The van der Waals surface area contributed by atoms with Crippen LogP contribution in [0.4, 0.5) is 0 Å². The third-order valence-corrected chi connectivity index (χ3v) is 13.2. The third-order valence-electron chi connectivity index (χ3n) is 13.2. The van der Waals surface area contributed by atoms with Gasteiger partial charge in [-0.3, -0.25) is 9.59 Å². The van der Waals surface area contributed by atoms with Crippen molar-refractivity contribution in [1.82, 2.24) is 0 Å². The first kappa shape index (κ1) is 70.0. The van der Waals surface area contributed by atoms with E-state index in [2.05, 4.69) is 74.6 Å². The van der Waals surface area contributed by atoms with E-state index in [0.717, 1.165) is 57.8 Å². The minimum atomic E-state index is -1.62.